The fraction of sp³-hybridized carbons (Fsp3) is 0.256. The van der Waals surface area contributed by atoms with Gasteiger partial charge in [0.05, 0.1) is 36.5 Å². The first-order valence-corrected chi connectivity index (χ1v) is 18.5. The van der Waals surface area contributed by atoms with E-state index >= 15 is 0 Å². The highest BCUT2D eigenvalue weighted by Crippen LogP contribution is 2.36. The number of fused-ring (bicyclic) bond motifs is 2. The van der Waals surface area contributed by atoms with Crippen molar-refractivity contribution in [1.29, 1.82) is 0 Å². The Morgan fingerprint density at radius 2 is 1.51 bits per heavy atom. The van der Waals surface area contributed by atoms with Crippen LogP contribution in [0.25, 0.3) is 22.5 Å². The van der Waals surface area contributed by atoms with Crippen molar-refractivity contribution < 1.29 is 42.2 Å². The number of benzene rings is 4. The van der Waals surface area contributed by atoms with E-state index in [0.29, 0.717) is 48.4 Å². The third kappa shape index (κ3) is 6.81. The monoisotopic (exact) mass is 773 g/mol. The summed E-state index contributed by atoms with van der Waals surface area (Å²) < 4.78 is 41.0. The second-order valence-electron chi connectivity index (χ2n) is 14.2. The largest absolute Gasteiger partial charge is 0.488 e. The molecule has 0 radical (unpaired) electrons. The molecular formula is C43H37F2N5O7. The Bertz CT molecular complexity index is 2430. The van der Waals surface area contributed by atoms with Gasteiger partial charge in [-0.05, 0) is 72.0 Å². The van der Waals surface area contributed by atoms with Crippen LogP contribution in [0.5, 0.6) is 5.75 Å². The Morgan fingerprint density at radius 3 is 2.25 bits per heavy atom. The van der Waals surface area contributed by atoms with Crippen LogP contribution in [-0.4, -0.2) is 92.7 Å². The second-order valence-corrected chi connectivity index (χ2v) is 14.2. The Hall–Kier alpha value is -6.70. The summed E-state index contributed by atoms with van der Waals surface area (Å²) in [6.07, 6.45) is 2.01. The Balaban J connectivity index is 0.932. The van der Waals surface area contributed by atoms with E-state index in [1.54, 1.807) is 41.3 Å². The molecule has 12 nitrogen and oxygen atoms in total. The van der Waals surface area contributed by atoms with Gasteiger partial charge in [0, 0.05) is 44.7 Å². The van der Waals surface area contributed by atoms with Crippen molar-refractivity contribution in [3.8, 4) is 28.3 Å². The van der Waals surface area contributed by atoms with Gasteiger partial charge < -0.3 is 23.8 Å². The molecule has 4 aromatic carbocycles. The van der Waals surface area contributed by atoms with E-state index in [1.165, 1.54) is 40.8 Å². The van der Waals surface area contributed by atoms with Crippen molar-refractivity contribution in [2.75, 3.05) is 26.7 Å². The predicted octanol–water partition coefficient (Wildman–Crippen LogP) is 5.90. The SMILES string of the molecule is COC(=O)[C@@H]1C[C@H](Oc2cccc(-c3cccc4c3CN(CCCCN3C(=O)c5ccccc5C3=O)C4=O)c2)CN1C(=O)c1cnc(-c2ccc(F)cc2F)n1C. The number of aromatic nitrogens is 2. The fourth-order valence-corrected chi connectivity index (χ4v) is 7.93. The molecule has 0 N–H and O–H groups in total. The fourth-order valence-electron chi connectivity index (χ4n) is 7.93. The average molecular weight is 774 g/mol. The first-order valence-electron chi connectivity index (χ1n) is 18.5. The molecular weight excluding hydrogens is 736 g/mol. The lowest BCUT2D eigenvalue weighted by Gasteiger charge is -2.22. The summed E-state index contributed by atoms with van der Waals surface area (Å²) in [4.78, 5) is 74.4. The van der Waals surface area contributed by atoms with Crippen LogP contribution in [0, 0.1) is 11.6 Å². The predicted molar refractivity (Wildman–Crippen MR) is 202 cm³/mol. The summed E-state index contributed by atoms with van der Waals surface area (Å²) in [6.45, 7) is 1.17. The molecule has 4 heterocycles. The highest BCUT2D eigenvalue weighted by atomic mass is 19.1. The van der Waals surface area contributed by atoms with E-state index in [9.17, 15) is 32.8 Å². The molecule has 1 aromatic heterocycles. The van der Waals surface area contributed by atoms with E-state index in [-0.39, 0.29) is 54.3 Å². The van der Waals surface area contributed by atoms with Gasteiger partial charge in [-0.1, -0.05) is 36.4 Å². The maximum atomic E-state index is 14.6. The zero-order valence-electron chi connectivity index (χ0n) is 31.1. The number of imide groups is 1. The Morgan fingerprint density at radius 1 is 0.807 bits per heavy atom. The van der Waals surface area contributed by atoms with Crippen LogP contribution in [0.4, 0.5) is 8.78 Å². The molecule has 5 aromatic rings. The molecule has 14 heteroatoms. The number of carbonyl (C=O) groups is 5. The molecule has 1 fully saturated rings. The van der Waals surface area contributed by atoms with Crippen molar-refractivity contribution >= 4 is 29.6 Å². The van der Waals surface area contributed by atoms with E-state index in [2.05, 4.69) is 4.98 Å². The minimum atomic E-state index is -0.960. The molecule has 290 valence electrons. The number of hydrogen-bond acceptors (Lipinski definition) is 8. The smallest absolute Gasteiger partial charge is 0.328 e. The summed E-state index contributed by atoms with van der Waals surface area (Å²) >= 11 is 0. The zero-order valence-corrected chi connectivity index (χ0v) is 31.1. The highest BCUT2D eigenvalue weighted by molar-refractivity contribution is 6.21. The number of nitrogens with zero attached hydrogens (tertiary/aromatic N) is 5. The van der Waals surface area contributed by atoms with Crippen LogP contribution >= 0.6 is 0 Å². The number of esters is 1. The van der Waals surface area contributed by atoms with Crippen LogP contribution in [0.3, 0.4) is 0 Å². The minimum absolute atomic E-state index is 0.0171. The van der Waals surface area contributed by atoms with E-state index in [1.807, 2.05) is 30.3 Å². The van der Waals surface area contributed by atoms with Crippen LogP contribution in [0.1, 0.15) is 66.4 Å². The number of carbonyl (C=O) groups excluding carboxylic acids is 5. The van der Waals surface area contributed by atoms with Gasteiger partial charge >= 0.3 is 5.97 Å². The number of ether oxygens (including phenoxy) is 2. The number of amides is 4. The Labute approximate surface area is 326 Å². The van der Waals surface area contributed by atoms with Crippen molar-refractivity contribution in [3.05, 3.63) is 131 Å². The highest BCUT2D eigenvalue weighted by Gasteiger charge is 2.43. The van der Waals surface area contributed by atoms with Gasteiger partial charge in [0.25, 0.3) is 23.6 Å². The lowest BCUT2D eigenvalue weighted by Crippen LogP contribution is -2.42. The molecule has 57 heavy (non-hydrogen) atoms. The van der Waals surface area contributed by atoms with Gasteiger partial charge in [-0.3, -0.25) is 24.1 Å². The van der Waals surface area contributed by atoms with Crippen molar-refractivity contribution in [2.24, 2.45) is 7.05 Å². The second kappa shape index (κ2) is 15.1. The third-order valence-corrected chi connectivity index (χ3v) is 10.8. The summed E-state index contributed by atoms with van der Waals surface area (Å²) in [6, 6.07) is 21.9. The van der Waals surface area contributed by atoms with Gasteiger partial charge in [0.1, 0.15) is 41.0 Å². The summed E-state index contributed by atoms with van der Waals surface area (Å²) in [5, 5.41) is 0. The number of hydrogen-bond donors (Lipinski definition) is 0. The number of rotatable bonds is 11. The molecule has 0 aliphatic carbocycles. The summed E-state index contributed by atoms with van der Waals surface area (Å²) in [5.74, 6) is -2.78. The standard InChI is InChI=1S/C43H37F2N5O7/c1-47-37(22-46-38(47)33-16-15-26(44)20-35(33)45)42(54)50-23-28(21-36(50)43(55)56-2)57-27-10-7-9-25(19-27)29-13-8-14-32-34(29)24-48(39(32)51)17-5-6-18-49-40(52)30-11-3-4-12-31(30)41(49)53/h3-4,7-16,19-20,22,28,36H,5-6,17-18,21,23-24H2,1-2H3/t28-,36-/m0/s1. The zero-order chi connectivity index (χ0) is 40.0. The van der Waals surface area contributed by atoms with Crippen molar-refractivity contribution in [2.45, 2.75) is 38.0 Å². The van der Waals surface area contributed by atoms with Crippen LogP contribution < -0.4 is 4.74 Å². The van der Waals surface area contributed by atoms with Crippen LogP contribution in [0.2, 0.25) is 0 Å². The lowest BCUT2D eigenvalue weighted by atomic mass is 9.97. The molecule has 3 aliphatic rings. The number of methoxy groups -OCH3 is 1. The summed E-state index contributed by atoms with van der Waals surface area (Å²) in [7, 11) is 2.78. The minimum Gasteiger partial charge on any atom is -0.488 e. The van der Waals surface area contributed by atoms with E-state index in [0.717, 1.165) is 28.8 Å². The number of likely N-dealkylation sites (tertiary alicyclic amines) is 1. The van der Waals surface area contributed by atoms with Gasteiger partial charge in [-0.2, -0.15) is 0 Å². The molecule has 0 saturated carbocycles. The maximum Gasteiger partial charge on any atom is 0.328 e. The van der Waals surface area contributed by atoms with Gasteiger partial charge in [0.2, 0.25) is 0 Å². The first-order chi connectivity index (χ1) is 27.5. The molecule has 0 spiro atoms. The topological polar surface area (TPSA) is 131 Å². The van der Waals surface area contributed by atoms with E-state index < -0.39 is 35.7 Å². The average Bonchev–Trinajstić information content (AvgIpc) is 3.96. The first kappa shape index (κ1) is 37.2. The number of imidazole rings is 1. The van der Waals surface area contributed by atoms with Crippen molar-refractivity contribution in [3.63, 3.8) is 0 Å². The Kier molecular flexibility index (Phi) is 9.86. The molecule has 0 unspecified atom stereocenters. The molecule has 2 atom stereocenters. The molecule has 8 rings (SSSR count). The number of unbranched alkanes of at least 4 members (excludes halogenated alkanes) is 1. The van der Waals surface area contributed by atoms with Gasteiger partial charge in [-0.15, -0.1) is 0 Å². The maximum absolute atomic E-state index is 14.6. The molecule has 4 amide bonds. The summed E-state index contributed by atoms with van der Waals surface area (Å²) in [5.41, 5.74) is 4.10. The van der Waals surface area contributed by atoms with Crippen LogP contribution in [0.15, 0.2) is 91.1 Å². The van der Waals surface area contributed by atoms with Gasteiger partial charge in [-0.25, -0.2) is 18.6 Å². The quantitative estimate of drug-likeness (QED) is 0.0922. The third-order valence-electron chi connectivity index (χ3n) is 10.8. The molecule has 0 bridgehead atoms. The normalized spacial score (nSPS) is 17.3. The molecule has 3 aliphatic heterocycles. The van der Waals surface area contributed by atoms with Gasteiger partial charge in [0.15, 0.2) is 0 Å². The van der Waals surface area contributed by atoms with Crippen LogP contribution in [-0.2, 0) is 23.1 Å². The number of halogens is 2. The molecule has 1 saturated heterocycles. The van der Waals surface area contributed by atoms with E-state index in [4.69, 9.17) is 9.47 Å². The van der Waals surface area contributed by atoms with Crippen molar-refractivity contribution in [1.82, 2.24) is 24.3 Å². The lowest BCUT2D eigenvalue weighted by molar-refractivity contribution is -0.145.